The van der Waals surface area contributed by atoms with Gasteiger partial charge in [0, 0.05) is 12.1 Å². The van der Waals surface area contributed by atoms with Crippen molar-refractivity contribution in [3.63, 3.8) is 0 Å². The number of nitro benzene ring substituents is 1. The molecule has 0 N–H and O–H groups in total. The first kappa shape index (κ1) is 14.2. The molecule has 0 amide bonds. The molecule has 0 aliphatic carbocycles. The Balaban J connectivity index is 3.02. The van der Waals surface area contributed by atoms with Crippen LogP contribution in [0.1, 0.15) is 12.5 Å². The monoisotopic (exact) mass is 269 g/mol. The van der Waals surface area contributed by atoms with Gasteiger partial charge in [0.1, 0.15) is 0 Å². The van der Waals surface area contributed by atoms with Gasteiger partial charge in [0.05, 0.1) is 23.0 Å². The predicted octanol–water partition coefficient (Wildman–Crippen LogP) is 2.78. The summed E-state index contributed by atoms with van der Waals surface area (Å²) in [4.78, 5) is 21.6. The summed E-state index contributed by atoms with van der Waals surface area (Å²) in [6.07, 6.45) is 1.48. The van der Waals surface area contributed by atoms with Crippen LogP contribution in [0.4, 0.5) is 5.69 Å². The van der Waals surface area contributed by atoms with Crippen molar-refractivity contribution in [2.24, 2.45) is 0 Å². The van der Waals surface area contributed by atoms with Crippen molar-refractivity contribution in [1.29, 1.82) is 0 Å². The summed E-state index contributed by atoms with van der Waals surface area (Å²) in [5.74, 6) is -0.527. The van der Waals surface area contributed by atoms with E-state index in [4.69, 9.17) is 16.3 Å². The lowest BCUT2D eigenvalue weighted by Crippen LogP contribution is -2.08. The summed E-state index contributed by atoms with van der Waals surface area (Å²) in [5.41, 5.74) is 0.758. The van der Waals surface area contributed by atoms with E-state index < -0.39 is 10.9 Å². The molecular formula is C12H12ClNO4. The zero-order valence-electron chi connectivity index (χ0n) is 9.76. The summed E-state index contributed by atoms with van der Waals surface area (Å²) in [6, 6.07) is 5.94. The molecule has 0 aromatic heterocycles. The van der Waals surface area contributed by atoms with Crippen molar-refractivity contribution >= 4 is 29.3 Å². The first-order valence-electron chi connectivity index (χ1n) is 5.26. The van der Waals surface area contributed by atoms with Crippen molar-refractivity contribution in [3.05, 3.63) is 45.5 Å². The van der Waals surface area contributed by atoms with E-state index in [9.17, 15) is 14.9 Å². The molecule has 1 aromatic carbocycles. The van der Waals surface area contributed by atoms with Crippen LogP contribution in [-0.4, -0.2) is 23.4 Å². The zero-order chi connectivity index (χ0) is 13.5. The molecule has 0 spiro atoms. The Bertz CT molecular complexity index is 485. The Hall–Kier alpha value is -1.88. The second-order valence-corrected chi connectivity index (χ2v) is 3.64. The fraction of sp³-hybridized carbons (Fsp3) is 0.250. The van der Waals surface area contributed by atoms with Crippen molar-refractivity contribution in [2.45, 2.75) is 6.92 Å². The maximum absolute atomic E-state index is 11.5. The molecule has 0 saturated heterocycles. The second-order valence-electron chi connectivity index (χ2n) is 3.38. The number of carbonyl (C=O) groups excluding carboxylic acids is 1. The van der Waals surface area contributed by atoms with Gasteiger partial charge in [-0.05, 0) is 18.6 Å². The molecule has 0 fully saturated rings. The van der Waals surface area contributed by atoms with Gasteiger partial charge in [-0.15, -0.1) is 11.6 Å². The molecule has 18 heavy (non-hydrogen) atoms. The number of alkyl halides is 1. The Kier molecular flexibility index (Phi) is 5.32. The molecule has 0 unspecified atom stereocenters. The van der Waals surface area contributed by atoms with E-state index in [1.807, 2.05) is 0 Å². The number of ether oxygens (including phenoxy) is 1. The lowest BCUT2D eigenvalue weighted by molar-refractivity contribution is -0.384. The average molecular weight is 270 g/mol. The predicted molar refractivity (Wildman–Crippen MR) is 68.4 cm³/mol. The molecule has 0 atom stereocenters. The second kappa shape index (κ2) is 6.76. The summed E-state index contributed by atoms with van der Waals surface area (Å²) in [6.45, 7) is 1.94. The van der Waals surface area contributed by atoms with Gasteiger partial charge in [-0.3, -0.25) is 10.1 Å². The maximum atomic E-state index is 11.5. The van der Waals surface area contributed by atoms with Crippen molar-refractivity contribution in [2.75, 3.05) is 12.5 Å². The van der Waals surface area contributed by atoms with Crippen LogP contribution in [-0.2, 0) is 9.53 Å². The van der Waals surface area contributed by atoms with Crippen molar-refractivity contribution in [1.82, 2.24) is 0 Å². The van der Waals surface area contributed by atoms with Gasteiger partial charge in [-0.2, -0.15) is 0 Å². The molecule has 0 saturated carbocycles. The quantitative estimate of drug-likeness (QED) is 0.271. The fourth-order valence-corrected chi connectivity index (χ4v) is 1.49. The van der Waals surface area contributed by atoms with Crippen molar-refractivity contribution < 1.29 is 14.5 Å². The Morgan fingerprint density at radius 3 is 2.83 bits per heavy atom. The number of esters is 1. The van der Waals surface area contributed by atoms with Gasteiger partial charge in [-0.1, -0.05) is 12.1 Å². The third kappa shape index (κ3) is 3.85. The number of nitro groups is 1. The van der Waals surface area contributed by atoms with E-state index in [1.165, 1.54) is 18.2 Å². The average Bonchev–Trinajstić information content (AvgIpc) is 2.36. The maximum Gasteiger partial charge on any atom is 0.335 e. The highest BCUT2D eigenvalue weighted by Crippen LogP contribution is 2.16. The van der Waals surface area contributed by atoms with Gasteiger partial charge in [-0.25, -0.2) is 4.79 Å². The van der Waals surface area contributed by atoms with E-state index in [1.54, 1.807) is 19.1 Å². The third-order valence-electron chi connectivity index (χ3n) is 2.10. The summed E-state index contributed by atoms with van der Waals surface area (Å²) in [5, 5.41) is 10.6. The molecule has 0 radical (unpaired) electrons. The topological polar surface area (TPSA) is 69.4 Å². The lowest BCUT2D eigenvalue weighted by Gasteiger charge is -2.03. The van der Waals surface area contributed by atoms with Crippen LogP contribution in [0.2, 0.25) is 0 Å². The summed E-state index contributed by atoms with van der Waals surface area (Å²) in [7, 11) is 0. The van der Waals surface area contributed by atoms with Crippen LogP contribution < -0.4 is 0 Å². The van der Waals surface area contributed by atoms with E-state index in [0.717, 1.165) is 0 Å². The minimum atomic E-state index is -0.515. The number of nitrogens with zero attached hydrogens (tertiary/aromatic N) is 1. The van der Waals surface area contributed by atoms with Gasteiger partial charge in [0.25, 0.3) is 5.69 Å². The highest BCUT2D eigenvalue weighted by molar-refractivity contribution is 6.23. The number of halogens is 1. The molecule has 1 rings (SSSR count). The fourth-order valence-electron chi connectivity index (χ4n) is 1.31. The van der Waals surface area contributed by atoms with Crippen LogP contribution in [0.15, 0.2) is 29.8 Å². The Morgan fingerprint density at radius 1 is 1.56 bits per heavy atom. The lowest BCUT2D eigenvalue weighted by atomic mass is 10.1. The van der Waals surface area contributed by atoms with Gasteiger partial charge >= 0.3 is 5.97 Å². The highest BCUT2D eigenvalue weighted by atomic mass is 35.5. The van der Waals surface area contributed by atoms with E-state index in [2.05, 4.69) is 0 Å². The number of hydrogen-bond acceptors (Lipinski definition) is 4. The number of non-ortho nitro benzene ring substituents is 1. The normalized spacial score (nSPS) is 11.1. The Labute approximate surface area is 109 Å². The van der Waals surface area contributed by atoms with Gasteiger partial charge in [0.2, 0.25) is 0 Å². The van der Waals surface area contributed by atoms with E-state index >= 15 is 0 Å². The first-order valence-corrected chi connectivity index (χ1v) is 5.80. The van der Waals surface area contributed by atoms with Crippen LogP contribution in [0.3, 0.4) is 0 Å². The minimum absolute atomic E-state index is 0.0124. The zero-order valence-corrected chi connectivity index (χ0v) is 10.5. The van der Waals surface area contributed by atoms with Crippen LogP contribution in [0, 0.1) is 10.1 Å². The van der Waals surface area contributed by atoms with Crippen LogP contribution in [0.5, 0.6) is 0 Å². The van der Waals surface area contributed by atoms with Crippen LogP contribution in [0.25, 0.3) is 6.08 Å². The molecule has 1 aromatic rings. The van der Waals surface area contributed by atoms with E-state index in [0.29, 0.717) is 5.56 Å². The largest absolute Gasteiger partial charge is 0.463 e. The molecule has 5 nitrogen and oxygen atoms in total. The van der Waals surface area contributed by atoms with Gasteiger partial charge < -0.3 is 4.74 Å². The number of benzene rings is 1. The van der Waals surface area contributed by atoms with Crippen LogP contribution >= 0.6 is 11.6 Å². The molecule has 0 heterocycles. The number of carbonyl (C=O) groups is 1. The molecule has 0 bridgehead atoms. The van der Waals surface area contributed by atoms with Crippen molar-refractivity contribution in [3.8, 4) is 0 Å². The molecule has 6 heteroatoms. The number of rotatable bonds is 5. The SMILES string of the molecule is CCOC(=O)/C(=C/c1cccc([N+](=O)[O-])c1)CCl. The molecule has 96 valence electrons. The van der Waals surface area contributed by atoms with Gasteiger partial charge in [0.15, 0.2) is 0 Å². The standard InChI is InChI=1S/C12H12ClNO4/c1-2-18-12(15)10(8-13)6-9-4-3-5-11(7-9)14(16)17/h3-7H,2,8H2,1H3/b10-6+. The minimum Gasteiger partial charge on any atom is -0.463 e. The smallest absolute Gasteiger partial charge is 0.335 e. The molecule has 0 aliphatic rings. The Morgan fingerprint density at radius 2 is 2.28 bits per heavy atom. The third-order valence-corrected chi connectivity index (χ3v) is 2.39. The van der Waals surface area contributed by atoms with E-state index in [-0.39, 0.29) is 23.7 Å². The summed E-state index contributed by atoms with van der Waals surface area (Å²) >= 11 is 5.65. The molecule has 0 aliphatic heterocycles. The summed E-state index contributed by atoms with van der Waals surface area (Å²) < 4.78 is 4.82. The number of hydrogen-bond donors (Lipinski definition) is 0. The molecular weight excluding hydrogens is 258 g/mol. The highest BCUT2D eigenvalue weighted by Gasteiger charge is 2.10. The first-order chi connectivity index (χ1) is 8.58.